The van der Waals surface area contributed by atoms with E-state index in [-0.39, 0.29) is 47.8 Å². The van der Waals surface area contributed by atoms with Crippen LogP contribution in [0.25, 0.3) is 0 Å². The highest BCUT2D eigenvalue weighted by molar-refractivity contribution is 14.0. The predicted octanol–water partition coefficient (Wildman–Crippen LogP) is 3.99. The van der Waals surface area contributed by atoms with E-state index in [2.05, 4.69) is 40.0 Å². The smallest absolute Gasteiger partial charge is 0.191 e. The molecule has 1 aliphatic carbocycles. The highest BCUT2D eigenvalue weighted by atomic mass is 127. The lowest BCUT2D eigenvalue weighted by atomic mass is 10.1. The van der Waals surface area contributed by atoms with E-state index in [4.69, 9.17) is 9.73 Å². The molecule has 1 aromatic carbocycles. The Morgan fingerprint density at radius 1 is 1.27 bits per heavy atom. The molecule has 30 heavy (non-hydrogen) atoms. The van der Waals surface area contributed by atoms with Crippen LogP contribution >= 0.6 is 35.3 Å². The van der Waals surface area contributed by atoms with Crippen molar-refractivity contribution in [3.8, 4) is 0 Å². The number of hydrogen-bond donors (Lipinski definition) is 2. The molecule has 1 saturated carbocycles. The number of halogens is 2. The molecule has 1 saturated heterocycles. The number of ether oxygens (including phenoxy) is 1. The average molecular weight is 544 g/mol. The number of hydrogen-bond acceptors (Lipinski definition) is 4. The van der Waals surface area contributed by atoms with Gasteiger partial charge in [0.2, 0.25) is 0 Å². The third-order valence-corrected chi connectivity index (χ3v) is 6.52. The number of benzene rings is 1. The van der Waals surface area contributed by atoms with E-state index in [1.807, 2.05) is 12.1 Å². The molecule has 0 spiro atoms. The van der Waals surface area contributed by atoms with Gasteiger partial charge in [0.15, 0.2) is 5.96 Å². The lowest BCUT2D eigenvalue weighted by Gasteiger charge is -2.33. The fourth-order valence-electron chi connectivity index (χ4n) is 3.90. The first kappa shape index (κ1) is 23.4. The van der Waals surface area contributed by atoms with Gasteiger partial charge >= 0.3 is 0 Å². The number of aliphatic imine (C=N–C) groups is 1. The largest absolute Gasteiger partial charge is 0.379 e. The minimum atomic E-state index is -0.117. The van der Waals surface area contributed by atoms with Gasteiger partial charge in [0.1, 0.15) is 5.82 Å². The second kappa shape index (κ2) is 11.4. The van der Waals surface area contributed by atoms with E-state index in [0.717, 1.165) is 50.8 Å². The second-order valence-corrected chi connectivity index (χ2v) is 8.49. The maximum atomic E-state index is 14.1. The summed E-state index contributed by atoms with van der Waals surface area (Å²) in [7, 11) is 0. The molecule has 164 valence electrons. The van der Waals surface area contributed by atoms with Crippen LogP contribution in [0.1, 0.15) is 35.7 Å². The minimum absolute atomic E-state index is 0. The van der Waals surface area contributed by atoms with E-state index in [0.29, 0.717) is 6.54 Å². The molecule has 2 aromatic rings. The maximum absolute atomic E-state index is 14.1. The van der Waals surface area contributed by atoms with Crippen molar-refractivity contribution in [3.05, 3.63) is 58.0 Å². The Labute approximate surface area is 199 Å². The lowest BCUT2D eigenvalue weighted by molar-refractivity contribution is 0.0186. The molecule has 0 radical (unpaired) electrons. The van der Waals surface area contributed by atoms with Gasteiger partial charge in [-0.1, -0.05) is 24.3 Å². The molecule has 0 amide bonds. The zero-order chi connectivity index (χ0) is 20.1. The Balaban J connectivity index is 0.00000256. The van der Waals surface area contributed by atoms with Crippen LogP contribution in [0.3, 0.4) is 0 Å². The highest BCUT2D eigenvalue weighted by Gasteiger charge is 2.40. The summed E-state index contributed by atoms with van der Waals surface area (Å²) in [5.74, 6) is 0.910. The molecular weight excluding hydrogens is 514 g/mol. The van der Waals surface area contributed by atoms with Gasteiger partial charge in [-0.2, -0.15) is 0 Å². The van der Waals surface area contributed by atoms with E-state index >= 15 is 0 Å². The van der Waals surface area contributed by atoms with E-state index in [9.17, 15) is 4.39 Å². The van der Waals surface area contributed by atoms with E-state index in [1.165, 1.54) is 10.9 Å². The Bertz CT molecular complexity index is 813. The zero-order valence-electron chi connectivity index (χ0n) is 17.2. The van der Waals surface area contributed by atoms with Gasteiger partial charge in [-0.15, -0.1) is 35.3 Å². The summed E-state index contributed by atoms with van der Waals surface area (Å²) >= 11 is 1.78. The molecule has 2 fully saturated rings. The summed E-state index contributed by atoms with van der Waals surface area (Å²) in [5, 5.41) is 8.98. The molecule has 2 aliphatic rings. The first-order chi connectivity index (χ1) is 14.3. The standard InChI is InChI=1S/C22H29FN4OS.HI/c1-2-24-22(26-19-14-17(19)16-6-3-4-7-18(16)23)25-15-20(21-8-5-13-29-21)27-9-11-28-12-10-27;/h3-8,13,17,19-20H,2,9-12,14-15H2,1H3,(H2,24,25,26);1H. The summed E-state index contributed by atoms with van der Waals surface area (Å²) in [6, 6.07) is 11.9. The number of thiophene rings is 1. The Hall–Kier alpha value is -1.23. The van der Waals surface area contributed by atoms with Gasteiger partial charge in [0.25, 0.3) is 0 Å². The van der Waals surface area contributed by atoms with Crippen LogP contribution in [0.15, 0.2) is 46.8 Å². The predicted molar refractivity (Wildman–Crippen MR) is 132 cm³/mol. The molecule has 3 unspecified atom stereocenters. The number of nitrogens with one attached hydrogen (secondary N) is 2. The SMILES string of the molecule is CCNC(=NCC(c1cccs1)N1CCOCC1)NC1CC1c1ccccc1F.I. The lowest BCUT2D eigenvalue weighted by Crippen LogP contribution is -2.42. The fourth-order valence-corrected chi connectivity index (χ4v) is 4.75. The molecule has 4 rings (SSSR count). The van der Waals surface area contributed by atoms with Crippen LogP contribution < -0.4 is 10.6 Å². The molecule has 2 heterocycles. The number of rotatable bonds is 7. The van der Waals surface area contributed by atoms with Crippen molar-refractivity contribution in [2.75, 3.05) is 39.4 Å². The summed E-state index contributed by atoms with van der Waals surface area (Å²) in [4.78, 5) is 8.70. The number of morpholine rings is 1. The molecule has 2 N–H and O–H groups in total. The molecule has 0 bridgehead atoms. The van der Waals surface area contributed by atoms with Crippen LogP contribution in [0.2, 0.25) is 0 Å². The Morgan fingerprint density at radius 3 is 2.77 bits per heavy atom. The first-order valence-electron chi connectivity index (χ1n) is 10.4. The van der Waals surface area contributed by atoms with Gasteiger partial charge < -0.3 is 15.4 Å². The van der Waals surface area contributed by atoms with Crippen LogP contribution in [0.4, 0.5) is 4.39 Å². The monoisotopic (exact) mass is 544 g/mol. The minimum Gasteiger partial charge on any atom is -0.379 e. The zero-order valence-corrected chi connectivity index (χ0v) is 20.4. The quantitative estimate of drug-likeness (QED) is 0.315. The van der Waals surface area contributed by atoms with Crippen molar-refractivity contribution in [2.45, 2.75) is 31.3 Å². The molecule has 8 heteroatoms. The molecule has 1 aromatic heterocycles. The van der Waals surface area contributed by atoms with Crippen molar-refractivity contribution < 1.29 is 9.13 Å². The topological polar surface area (TPSA) is 48.9 Å². The molecule has 3 atom stereocenters. The summed E-state index contributed by atoms with van der Waals surface area (Å²) in [5.41, 5.74) is 0.797. The second-order valence-electron chi connectivity index (χ2n) is 7.51. The van der Waals surface area contributed by atoms with Crippen molar-refractivity contribution >= 4 is 41.3 Å². The Kier molecular flexibility index (Phi) is 8.91. The number of nitrogens with zero attached hydrogens (tertiary/aromatic N) is 2. The van der Waals surface area contributed by atoms with Crippen LogP contribution in [-0.4, -0.2) is 56.3 Å². The summed E-state index contributed by atoms with van der Waals surface area (Å²) < 4.78 is 19.6. The van der Waals surface area contributed by atoms with Gasteiger partial charge in [-0.25, -0.2) is 4.39 Å². The Morgan fingerprint density at radius 2 is 2.07 bits per heavy atom. The average Bonchev–Trinajstić information content (AvgIpc) is 3.28. The van der Waals surface area contributed by atoms with Crippen molar-refractivity contribution in [3.63, 3.8) is 0 Å². The van der Waals surface area contributed by atoms with Crippen LogP contribution in [0.5, 0.6) is 0 Å². The van der Waals surface area contributed by atoms with Gasteiger partial charge in [0, 0.05) is 36.5 Å². The molecular formula is C22H30FIN4OS. The normalized spacial score (nSPS) is 22.8. The van der Waals surface area contributed by atoms with Crippen molar-refractivity contribution in [1.29, 1.82) is 0 Å². The highest BCUT2D eigenvalue weighted by Crippen LogP contribution is 2.41. The summed E-state index contributed by atoms with van der Waals surface area (Å²) in [6.45, 7) is 6.96. The van der Waals surface area contributed by atoms with Crippen LogP contribution in [-0.2, 0) is 4.74 Å². The first-order valence-corrected chi connectivity index (χ1v) is 11.3. The van der Waals surface area contributed by atoms with Crippen LogP contribution in [0, 0.1) is 5.82 Å². The third-order valence-electron chi connectivity index (χ3n) is 5.54. The van der Waals surface area contributed by atoms with Crippen molar-refractivity contribution in [1.82, 2.24) is 15.5 Å². The van der Waals surface area contributed by atoms with Gasteiger partial charge in [-0.05, 0) is 36.4 Å². The molecule has 1 aliphatic heterocycles. The fraction of sp³-hybridized carbons (Fsp3) is 0.500. The van der Waals surface area contributed by atoms with E-state index in [1.54, 1.807) is 17.4 Å². The van der Waals surface area contributed by atoms with Crippen molar-refractivity contribution in [2.24, 2.45) is 4.99 Å². The maximum Gasteiger partial charge on any atom is 0.191 e. The third kappa shape index (κ3) is 5.93. The molecule has 5 nitrogen and oxygen atoms in total. The van der Waals surface area contributed by atoms with Gasteiger partial charge in [0.05, 0.1) is 25.8 Å². The number of guanidine groups is 1. The van der Waals surface area contributed by atoms with E-state index < -0.39 is 0 Å². The van der Waals surface area contributed by atoms with Gasteiger partial charge in [-0.3, -0.25) is 9.89 Å². The summed E-state index contributed by atoms with van der Waals surface area (Å²) in [6.07, 6.45) is 0.934.